The van der Waals surface area contributed by atoms with Gasteiger partial charge in [0, 0.05) is 6.07 Å². The van der Waals surface area contributed by atoms with Gasteiger partial charge in [0.25, 0.3) is 5.91 Å². The van der Waals surface area contributed by atoms with E-state index in [4.69, 9.17) is 4.74 Å². The van der Waals surface area contributed by atoms with Crippen LogP contribution in [0, 0.1) is 5.82 Å². The van der Waals surface area contributed by atoms with E-state index >= 15 is 0 Å². The second kappa shape index (κ2) is 6.46. The van der Waals surface area contributed by atoms with Crippen molar-refractivity contribution in [1.82, 2.24) is 0 Å². The minimum atomic E-state index is -4.58. The molecular weight excluding hydrogens is 302 g/mol. The number of rotatable bonds is 4. The van der Waals surface area contributed by atoms with E-state index in [-0.39, 0.29) is 11.4 Å². The van der Waals surface area contributed by atoms with Crippen LogP contribution in [-0.4, -0.2) is 12.5 Å². The molecule has 3 nitrogen and oxygen atoms in total. The zero-order valence-electron chi connectivity index (χ0n) is 11.2. The summed E-state index contributed by atoms with van der Waals surface area (Å²) < 4.78 is 56.2. The fourth-order valence-electron chi connectivity index (χ4n) is 1.73. The minimum absolute atomic E-state index is 0.110. The summed E-state index contributed by atoms with van der Waals surface area (Å²) in [7, 11) is 0. The highest BCUT2D eigenvalue weighted by molar-refractivity contribution is 5.92. The van der Waals surface area contributed by atoms with E-state index in [0.29, 0.717) is 0 Å². The highest BCUT2D eigenvalue weighted by Crippen LogP contribution is 2.34. The summed E-state index contributed by atoms with van der Waals surface area (Å²) in [6, 6.07) is 9.69. The van der Waals surface area contributed by atoms with Gasteiger partial charge in [-0.3, -0.25) is 4.79 Å². The number of hydrogen-bond donors (Lipinski definition) is 1. The smallest absolute Gasteiger partial charge is 0.418 e. The molecular formula is C15H11F4NO2. The van der Waals surface area contributed by atoms with Gasteiger partial charge >= 0.3 is 6.18 Å². The van der Waals surface area contributed by atoms with Crippen molar-refractivity contribution in [2.45, 2.75) is 6.18 Å². The SMILES string of the molecule is O=C(COc1cccc(F)c1)Nc1ccccc1C(F)(F)F. The molecule has 0 saturated carbocycles. The van der Waals surface area contributed by atoms with Crippen molar-refractivity contribution in [3.8, 4) is 5.75 Å². The summed E-state index contributed by atoms with van der Waals surface area (Å²) >= 11 is 0. The molecule has 0 aliphatic rings. The lowest BCUT2D eigenvalue weighted by Crippen LogP contribution is -2.22. The molecule has 0 atom stereocenters. The minimum Gasteiger partial charge on any atom is -0.484 e. The fourth-order valence-corrected chi connectivity index (χ4v) is 1.73. The maximum atomic E-state index is 12.9. The molecule has 1 N–H and O–H groups in total. The number of benzene rings is 2. The van der Waals surface area contributed by atoms with E-state index in [2.05, 4.69) is 5.32 Å². The van der Waals surface area contributed by atoms with E-state index in [9.17, 15) is 22.4 Å². The van der Waals surface area contributed by atoms with E-state index in [1.54, 1.807) is 0 Å². The molecule has 2 aromatic rings. The fraction of sp³-hybridized carbons (Fsp3) is 0.133. The van der Waals surface area contributed by atoms with Gasteiger partial charge < -0.3 is 10.1 Å². The lowest BCUT2D eigenvalue weighted by Gasteiger charge is -2.13. The molecule has 1 amide bonds. The Bertz CT molecular complexity index is 671. The van der Waals surface area contributed by atoms with Gasteiger partial charge in [-0.15, -0.1) is 0 Å². The van der Waals surface area contributed by atoms with E-state index in [1.807, 2.05) is 0 Å². The Kier molecular flexibility index (Phi) is 4.65. The summed E-state index contributed by atoms with van der Waals surface area (Å²) in [6.45, 7) is -0.532. The van der Waals surface area contributed by atoms with Crippen LogP contribution in [0.3, 0.4) is 0 Å². The van der Waals surface area contributed by atoms with Gasteiger partial charge in [0.2, 0.25) is 0 Å². The van der Waals surface area contributed by atoms with Crippen LogP contribution in [0.25, 0.3) is 0 Å². The highest BCUT2D eigenvalue weighted by atomic mass is 19.4. The maximum Gasteiger partial charge on any atom is 0.418 e. The highest BCUT2D eigenvalue weighted by Gasteiger charge is 2.33. The monoisotopic (exact) mass is 313 g/mol. The van der Waals surface area contributed by atoms with Crippen LogP contribution in [0.2, 0.25) is 0 Å². The first kappa shape index (κ1) is 15.8. The van der Waals surface area contributed by atoms with Crippen LogP contribution >= 0.6 is 0 Å². The first-order chi connectivity index (χ1) is 10.4. The van der Waals surface area contributed by atoms with Gasteiger partial charge in [0.15, 0.2) is 6.61 Å². The number of halogens is 4. The van der Waals surface area contributed by atoms with Crippen molar-refractivity contribution in [2.24, 2.45) is 0 Å². The Morgan fingerprint density at radius 1 is 1.09 bits per heavy atom. The van der Waals surface area contributed by atoms with E-state index in [0.717, 1.165) is 18.2 Å². The molecule has 0 fully saturated rings. The number of amides is 1. The molecule has 0 radical (unpaired) electrons. The number of nitrogens with one attached hydrogen (secondary N) is 1. The average molecular weight is 313 g/mol. The summed E-state index contributed by atoms with van der Waals surface area (Å²) in [6.07, 6.45) is -4.58. The molecule has 0 unspecified atom stereocenters. The second-order valence-corrected chi connectivity index (χ2v) is 4.34. The molecule has 2 aromatic carbocycles. The third-order valence-corrected chi connectivity index (χ3v) is 2.67. The van der Waals surface area contributed by atoms with Crippen LogP contribution in [0.15, 0.2) is 48.5 Å². The van der Waals surface area contributed by atoms with Crippen molar-refractivity contribution >= 4 is 11.6 Å². The summed E-state index contributed by atoms with van der Waals surface area (Å²) in [5.74, 6) is -1.21. The molecule has 0 aromatic heterocycles. The number of anilines is 1. The van der Waals surface area contributed by atoms with Gasteiger partial charge in [-0.05, 0) is 24.3 Å². The summed E-state index contributed by atoms with van der Waals surface area (Å²) in [5.41, 5.74) is -1.31. The van der Waals surface area contributed by atoms with E-state index < -0.39 is 30.1 Å². The number of carbonyl (C=O) groups is 1. The largest absolute Gasteiger partial charge is 0.484 e. The Morgan fingerprint density at radius 2 is 1.82 bits per heavy atom. The second-order valence-electron chi connectivity index (χ2n) is 4.34. The topological polar surface area (TPSA) is 38.3 Å². The summed E-state index contributed by atoms with van der Waals surface area (Å²) in [5, 5.41) is 2.12. The lowest BCUT2D eigenvalue weighted by molar-refractivity contribution is -0.137. The Morgan fingerprint density at radius 3 is 2.50 bits per heavy atom. The molecule has 0 spiro atoms. The standard InChI is InChI=1S/C15H11F4NO2/c16-10-4-3-5-11(8-10)22-9-14(21)20-13-7-2-1-6-12(13)15(17,18)19/h1-8H,9H2,(H,20,21). The van der Waals surface area contributed by atoms with Crippen molar-refractivity contribution < 1.29 is 27.1 Å². The summed E-state index contributed by atoms with van der Waals surface area (Å²) in [4.78, 5) is 11.7. The number of alkyl halides is 3. The third kappa shape index (κ3) is 4.21. The first-order valence-electron chi connectivity index (χ1n) is 6.21. The quantitative estimate of drug-likeness (QED) is 0.870. The van der Waals surface area contributed by atoms with Gasteiger partial charge in [-0.1, -0.05) is 18.2 Å². The van der Waals surface area contributed by atoms with Gasteiger partial charge in [0.1, 0.15) is 11.6 Å². The third-order valence-electron chi connectivity index (χ3n) is 2.67. The average Bonchev–Trinajstić information content (AvgIpc) is 2.45. The molecule has 2 rings (SSSR count). The predicted octanol–water partition coefficient (Wildman–Crippen LogP) is 3.86. The lowest BCUT2D eigenvalue weighted by atomic mass is 10.1. The molecule has 0 heterocycles. The molecule has 0 aliphatic heterocycles. The van der Waals surface area contributed by atoms with Crippen LogP contribution in [0.4, 0.5) is 23.2 Å². The molecule has 22 heavy (non-hydrogen) atoms. The first-order valence-corrected chi connectivity index (χ1v) is 6.21. The van der Waals surface area contributed by atoms with Crippen molar-refractivity contribution in [3.05, 3.63) is 59.9 Å². The van der Waals surface area contributed by atoms with Gasteiger partial charge in [-0.25, -0.2) is 4.39 Å². The maximum absolute atomic E-state index is 12.9. The molecule has 0 bridgehead atoms. The van der Waals surface area contributed by atoms with Gasteiger partial charge in [-0.2, -0.15) is 13.2 Å². The van der Waals surface area contributed by atoms with Crippen molar-refractivity contribution in [2.75, 3.05) is 11.9 Å². The van der Waals surface area contributed by atoms with E-state index in [1.165, 1.54) is 30.3 Å². The Balaban J connectivity index is 2.01. The number of para-hydroxylation sites is 1. The van der Waals surface area contributed by atoms with Crippen molar-refractivity contribution in [3.63, 3.8) is 0 Å². The molecule has 0 aliphatic carbocycles. The normalized spacial score (nSPS) is 11.1. The molecule has 0 saturated heterocycles. The van der Waals surface area contributed by atoms with Crippen LogP contribution in [0.1, 0.15) is 5.56 Å². The van der Waals surface area contributed by atoms with Crippen LogP contribution in [0.5, 0.6) is 5.75 Å². The Labute approximate surface area is 123 Å². The Hall–Kier alpha value is -2.57. The van der Waals surface area contributed by atoms with Gasteiger partial charge in [0.05, 0.1) is 11.3 Å². The zero-order valence-corrected chi connectivity index (χ0v) is 11.2. The predicted molar refractivity (Wildman–Crippen MR) is 72.0 cm³/mol. The number of ether oxygens (including phenoxy) is 1. The number of carbonyl (C=O) groups excluding carboxylic acids is 1. The zero-order chi connectivity index (χ0) is 16.2. The molecule has 7 heteroatoms. The van der Waals surface area contributed by atoms with Crippen molar-refractivity contribution in [1.29, 1.82) is 0 Å². The number of hydrogen-bond acceptors (Lipinski definition) is 2. The van der Waals surface area contributed by atoms with Crippen LogP contribution < -0.4 is 10.1 Å². The molecule has 116 valence electrons. The van der Waals surface area contributed by atoms with Crippen LogP contribution in [-0.2, 0) is 11.0 Å².